The maximum Gasteiger partial charge on any atom is 0.328 e. The Kier molecular flexibility index (Phi) is 21.1. The van der Waals surface area contributed by atoms with Crippen LogP contribution >= 0.6 is 0 Å². The number of hydrogen-bond acceptors (Lipinski definition) is 7. The molecule has 0 saturated heterocycles. The minimum Gasteiger partial charge on any atom is -0.464 e. The van der Waals surface area contributed by atoms with Crippen molar-refractivity contribution < 1.29 is 34.8 Å². The smallest absolute Gasteiger partial charge is 0.328 e. The molecule has 0 aromatic rings. The van der Waals surface area contributed by atoms with Crippen molar-refractivity contribution in [2.45, 2.75) is 154 Å². The SMILES string of the molecule is CCCCCCCCCCCCCCCOC(=O)C(CC(C)C)NC(=O)[C@H](O)[C@@H](O)[C@H](O)[C@H](O)CC. The van der Waals surface area contributed by atoms with Gasteiger partial charge in [0.05, 0.1) is 12.7 Å². The fourth-order valence-corrected chi connectivity index (χ4v) is 4.15. The van der Waals surface area contributed by atoms with Gasteiger partial charge in [-0.3, -0.25) is 4.79 Å². The lowest BCUT2D eigenvalue weighted by atomic mass is 9.99. The zero-order valence-electron chi connectivity index (χ0n) is 23.3. The maximum absolute atomic E-state index is 12.5. The van der Waals surface area contributed by atoms with E-state index in [9.17, 15) is 30.0 Å². The number of aliphatic hydroxyl groups excluding tert-OH is 4. The monoisotopic (exact) mass is 517 g/mol. The van der Waals surface area contributed by atoms with Crippen LogP contribution in [0.5, 0.6) is 0 Å². The highest BCUT2D eigenvalue weighted by Gasteiger charge is 2.35. The number of hydrogen-bond donors (Lipinski definition) is 5. The molecule has 0 aliphatic rings. The van der Waals surface area contributed by atoms with Crippen molar-refractivity contribution in [3.8, 4) is 0 Å². The van der Waals surface area contributed by atoms with Crippen LogP contribution < -0.4 is 5.32 Å². The number of aliphatic hydroxyl groups is 4. The summed E-state index contributed by atoms with van der Waals surface area (Å²) in [4.78, 5) is 24.9. The molecular weight excluding hydrogens is 462 g/mol. The van der Waals surface area contributed by atoms with Gasteiger partial charge in [0.25, 0.3) is 5.91 Å². The summed E-state index contributed by atoms with van der Waals surface area (Å²) in [5.74, 6) is -1.49. The van der Waals surface area contributed by atoms with Crippen molar-refractivity contribution in [3.05, 3.63) is 0 Å². The summed E-state index contributed by atoms with van der Waals surface area (Å²) in [6.45, 7) is 7.90. The molecule has 0 heterocycles. The van der Waals surface area contributed by atoms with Crippen molar-refractivity contribution >= 4 is 11.9 Å². The molecule has 0 fully saturated rings. The second-order valence-electron chi connectivity index (χ2n) is 10.5. The fraction of sp³-hybridized carbons (Fsp3) is 0.929. The summed E-state index contributed by atoms with van der Waals surface area (Å²) >= 11 is 0. The Hall–Kier alpha value is -1.22. The van der Waals surface area contributed by atoms with Crippen molar-refractivity contribution in [1.29, 1.82) is 0 Å². The number of carbonyl (C=O) groups is 2. The molecule has 0 aliphatic carbocycles. The molecule has 5 atom stereocenters. The average molecular weight is 518 g/mol. The zero-order chi connectivity index (χ0) is 27.3. The van der Waals surface area contributed by atoms with Crippen LogP contribution in [0.25, 0.3) is 0 Å². The maximum atomic E-state index is 12.5. The van der Waals surface area contributed by atoms with Crippen molar-refractivity contribution in [1.82, 2.24) is 5.32 Å². The molecule has 0 aromatic heterocycles. The predicted octanol–water partition coefficient (Wildman–Crippen LogP) is 4.01. The highest BCUT2D eigenvalue weighted by atomic mass is 16.5. The summed E-state index contributed by atoms with van der Waals surface area (Å²) in [5, 5.41) is 42.0. The molecule has 0 bridgehead atoms. The van der Waals surface area contributed by atoms with Crippen molar-refractivity contribution in [2.24, 2.45) is 5.92 Å². The molecule has 8 heteroatoms. The van der Waals surface area contributed by atoms with E-state index in [4.69, 9.17) is 4.74 Å². The number of amides is 1. The van der Waals surface area contributed by atoms with Gasteiger partial charge in [0.2, 0.25) is 0 Å². The summed E-state index contributed by atoms with van der Waals surface area (Å²) in [6.07, 6.45) is 9.60. The normalized spacial score (nSPS) is 15.8. The number of carbonyl (C=O) groups excluding carboxylic acids is 2. The van der Waals surface area contributed by atoms with Crippen LogP contribution in [0.2, 0.25) is 0 Å². The van der Waals surface area contributed by atoms with E-state index in [-0.39, 0.29) is 18.9 Å². The topological polar surface area (TPSA) is 136 Å². The van der Waals surface area contributed by atoms with Gasteiger partial charge in [-0.15, -0.1) is 0 Å². The van der Waals surface area contributed by atoms with Crippen LogP contribution in [0.1, 0.15) is 124 Å². The quantitative estimate of drug-likeness (QED) is 0.102. The molecule has 0 spiro atoms. The van der Waals surface area contributed by atoms with Gasteiger partial charge in [0.15, 0.2) is 6.10 Å². The third-order valence-corrected chi connectivity index (χ3v) is 6.55. The number of esters is 1. The summed E-state index contributed by atoms with van der Waals surface area (Å²) in [7, 11) is 0. The lowest BCUT2D eigenvalue weighted by molar-refractivity contribution is -0.154. The van der Waals surface area contributed by atoms with Gasteiger partial charge in [-0.25, -0.2) is 4.79 Å². The molecule has 0 radical (unpaired) electrons. The first-order chi connectivity index (χ1) is 17.1. The van der Waals surface area contributed by atoms with E-state index in [0.29, 0.717) is 6.42 Å². The van der Waals surface area contributed by atoms with Gasteiger partial charge in [-0.05, 0) is 25.2 Å². The first-order valence-corrected chi connectivity index (χ1v) is 14.3. The Morgan fingerprint density at radius 1 is 0.722 bits per heavy atom. The summed E-state index contributed by atoms with van der Waals surface area (Å²) in [6, 6.07) is -0.963. The molecule has 8 nitrogen and oxygen atoms in total. The first-order valence-electron chi connectivity index (χ1n) is 14.3. The van der Waals surface area contributed by atoms with E-state index in [1.165, 1.54) is 64.2 Å². The molecule has 0 rings (SSSR count). The Bertz CT molecular complexity index is 558. The Morgan fingerprint density at radius 2 is 1.19 bits per heavy atom. The molecule has 0 aliphatic heterocycles. The van der Waals surface area contributed by atoms with E-state index >= 15 is 0 Å². The predicted molar refractivity (Wildman–Crippen MR) is 142 cm³/mol. The van der Waals surface area contributed by atoms with E-state index in [1.807, 2.05) is 13.8 Å². The average Bonchev–Trinajstić information content (AvgIpc) is 2.86. The number of rotatable bonds is 23. The van der Waals surface area contributed by atoms with Crippen LogP contribution in [-0.4, -0.2) is 69.4 Å². The van der Waals surface area contributed by atoms with Crippen LogP contribution in [-0.2, 0) is 14.3 Å². The summed E-state index contributed by atoms with van der Waals surface area (Å²) in [5.41, 5.74) is 0. The second-order valence-corrected chi connectivity index (χ2v) is 10.5. The first kappa shape index (κ1) is 34.8. The van der Waals surface area contributed by atoms with E-state index in [2.05, 4.69) is 12.2 Å². The van der Waals surface area contributed by atoms with Crippen molar-refractivity contribution in [3.63, 3.8) is 0 Å². The number of nitrogens with one attached hydrogen (secondary N) is 1. The van der Waals surface area contributed by atoms with Crippen LogP contribution in [0, 0.1) is 5.92 Å². The molecule has 1 unspecified atom stereocenters. The standard InChI is InChI=1S/C28H55NO7/c1-5-7-8-9-10-11-12-13-14-15-16-17-18-19-36-28(35)22(20-21(3)4)29-27(34)26(33)25(32)24(31)23(30)6-2/h21-26,30-33H,5-20H2,1-4H3,(H,29,34)/t22?,23-,24-,25+,26-/m1/s1. The van der Waals surface area contributed by atoms with Gasteiger partial charge in [-0.1, -0.05) is 105 Å². The molecule has 214 valence electrons. The number of ether oxygens (including phenoxy) is 1. The highest BCUT2D eigenvalue weighted by molar-refractivity contribution is 5.87. The van der Waals surface area contributed by atoms with E-state index in [1.54, 1.807) is 6.92 Å². The van der Waals surface area contributed by atoms with Crippen molar-refractivity contribution in [2.75, 3.05) is 6.61 Å². The third-order valence-electron chi connectivity index (χ3n) is 6.55. The summed E-state index contributed by atoms with van der Waals surface area (Å²) < 4.78 is 5.36. The van der Waals surface area contributed by atoms with Gasteiger partial charge >= 0.3 is 5.97 Å². The Labute approximate surface area is 219 Å². The highest BCUT2D eigenvalue weighted by Crippen LogP contribution is 2.14. The van der Waals surface area contributed by atoms with Crippen LogP contribution in [0.15, 0.2) is 0 Å². The van der Waals surface area contributed by atoms with Gasteiger partial charge in [0.1, 0.15) is 18.2 Å². The molecule has 36 heavy (non-hydrogen) atoms. The second kappa shape index (κ2) is 21.8. The Morgan fingerprint density at radius 3 is 1.64 bits per heavy atom. The van der Waals surface area contributed by atoms with E-state index < -0.39 is 42.3 Å². The molecule has 0 aromatic carbocycles. The lowest BCUT2D eigenvalue weighted by Gasteiger charge is -2.27. The minimum absolute atomic E-state index is 0.0776. The Balaban J connectivity index is 4.19. The molecule has 0 saturated carbocycles. The largest absolute Gasteiger partial charge is 0.464 e. The molecule has 5 N–H and O–H groups in total. The minimum atomic E-state index is -1.98. The molecule has 1 amide bonds. The lowest BCUT2D eigenvalue weighted by Crippen LogP contribution is -2.54. The van der Waals surface area contributed by atoms with Crippen LogP contribution in [0.3, 0.4) is 0 Å². The third kappa shape index (κ3) is 16.5. The van der Waals surface area contributed by atoms with Gasteiger partial charge in [0, 0.05) is 0 Å². The van der Waals surface area contributed by atoms with E-state index in [0.717, 1.165) is 19.3 Å². The number of unbranched alkanes of at least 4 members (excludes halogenated alkanes) is 12. The van der Waals surface area contributed by atoms with Crippen LogP contribution in [0.4, 0.5) is 0 Å². The van der Waals surface area contributed by atoms with Gasteiger partial charge in [-0.2, -0.15) is 0 Å². The fourth-order valence-electron chi connectivity index (χ4n) is 4.15. The van der Waals surface area contributed by atoms with Gasteiger partial charge < -0.3 is 30.5 Å². The zero-order valence-corrected chi connectivity index (χ0v) is 23.3. The molecular formula is C28H55NO7.